The highest BCUT2D eigenvalue weighted by atomic mass is 14.5. The first kappa shape index (κ1) is 48.1. The molecule has 0 aliphatic carbocycles. The predicted octanol–water partition coefficient (Wildman–Crippen LogP) is 16.7. The first-order valence-corrected chi connectivity index (χ1v) is 24.9. The lowest BCUT2D eigenvalue weighted by molar-refractivity contribution is 0.536. The summed E-state index contributed by atoms with van der Waals surface area (Å²) >= 11 is 0. The van der Waals surface area contributed by atoms with Crippen molar-refractivity contribution in [2.24, 2.45) is 0 Å². The molecule has 59 heavy (non-hydrogen) atoms. The molecule has 4 aromatic rings. The van der Waals surface area contributed by atoms with Gasteiger partial charge in [0.1, 0.15) is 0 Å². The number of anilines is 2. The monoisotopic (exact) mass is 799 g/mol. The Labute approximate surface area is 363 Å². The number of rotatable bonds is 34. The van der Waals surface area contributed by atoms with Gasteiger partial charge in [-0.05, 0) is 133 Å². The Kier molecular flexibility index (Phi) is 24.9. The zero-order valence-corrected chi connectivity index (χ0v) is 38.2. The first-order valence-electron chi connectivity index (χ1n) is 24.9. The first-order chi connectivity index (χ1) is 29.0. The van der Waals surface area contributed by atoms with Gasteiger partial charge in [0, 0.05) is 11.4 Å². The minimum Gasteiger partial charge on any atom is -0.399 e. The van der Waals surface area contributed by atoms with Crippen molar-refractivity contribution in [3.8, 4) is 0 Å². The third-order valence-corrected chi connectivity index (χ3v) is 12.8. The molecule has 0 spiro atoms. The van der Waals surface area contributed by atoms with Gasteiger partial charge in [-0.2, -0.15) is 0 Å². The van der Waals surface area contributed by atoms with Crippen LogP contribution in [0.1, 0.15) is 219 Å². The average molecular weight is 799 g/mol. The number of benzene rings is 4. The van der Waals surface area contributed by atoms with Gasteiger partial charge < -0.3 is 11.5 Å². The maximum absolute atomic E-state index is 6.18. The van der Waals surface area contributed by atoms with Gasteiger partial charge >= 0.3 is 0 Å². The minimum absolute atomic E-state index is 0.898. The molecule has 0 fully saturated rings. The van der Waals surface area contributed by atoms with Crippen molar-refractivity contribution in [2.45, 2.75) is 213 Å². The lowest BCUT2D eigenvalue weighted by Gasteiger charge is -2.12. The Hall–Kier alpha value is -3.52. The van der Waals surface area contributed by atoms with Crippen LogP contribution in [0.5, 0.6) is 0 Å². The van der Waals surface area contributed by atoms with Crippen molar-refractivity contribution < 1.29 is 0 Å². The second-order valence-corrected chi connectivity index (χ2v) is 18.2. The van der Waals surface area contributed by atoms with E-state index in [0.29, 0.717) is 0 Å². The standard InChI is InChI=1S/C57H86N2/c1-3-5-7-9-22-26-30-52-46-56(58)42-40-54(52)44-50-36-32-48(33-37-50)28-24-20-18-16-14-12-11-13-15-17-19-21-25-29-49-34-38-51(39-35-49)45-55-41-43-57(59)47-53(55)31-27-23-10-8-6-4-2/h32-43,46-47H,3-31,44-45,58-59H2,1-2H3. The zero-order valence-electron chi connectivity index (χ0n) is 38.2. The number of hydrogen-bond donors (Lipinski definition) is 2. The van der Waals surface area contributed by atoms with Crippen molar-refractivity contribution >= 4 is 11.4 Å². The normalized spacial score (nSPS) is 11.4. The van der Waals surface area contributed by atoms with Crippen molar-refractivity contribution in [1.29, 1.82) is 0 Å². The summed E-state index contributed by atoms with van der Waals surface area (Å²) in [5, 5.41) is 0. The number of nitrogen functional groups attached to an aromatic ring is 2. The molecule has 0 aromatic heterocycles. The summed E-state index contributed by atoms with van der Waals surface area (Å²) in [5.74, 6) is 0. The highest BCUT2D eigenvalue weighted by Gasteiger charge is 2.08. The van der Waals surface area contributed by atoms with Crippen molar-refractivity contribution in [2.75, 3.05) is 11.5 Å². The third-order valence-electron chi connectivity index (χ3n) is 12.8. The number of hydrogen-bond acceptors (Lipinski definition) is 2. The Morgan fingerprint density at radius 2 is 0.542 bits per heavy atom. The summed E-state index contributed by atoms with van der Waals surface area (Å²) in [6.45, 7) is 4.57. The van der Waals surface area contributed by atoms with Crippen LogP contribution in [0.2, 0.25) is 0 Å². The Bertz CT molecular complexity index is 1510. The van der Waals surface area contributed by atoms with E-state index in [1.807, 2.05) is 0 Å². The molecule has 4 aromatic carbocycles. The van der Waals surface area contributed by atoms with Gasteiger partial charge in [0.05, 0.1) is 0 Å². The van der Waals surface area contributed by atoms with Gasteiger partial charge in [-0.3, -0.25) is 0 Å². The summed E-state index contributed by atoms with van der Waals surface area (Å²) in [7, 11) is 0. The van der Waals surface area contributed by atoms with Crippen LogP contribution in [0.4, 0.5) is 11.4 Å². The van der Waals surface area contributed by atoms with Crippen LogP contribution in [0, 0.1) is 0 Å². The molecule has 0 aliphatic heterocycles. The minimum atomic E-state index is 0.898. The fourth-order valence-corrected chi connectivity index (χ4v) is 8.98. The molecule has 0 atom stereocenters. The van der Waals surface area contributed by atoms with Gasteiger partial charge in [0.2, 0.25) is 0 Å². The van der Waals surface area contributed by atoms with E-state index in [0.717, 1.165) is 37.1 Å². The van der Waals surface area contributed by atoms with Gasteiger partial charge in [-0.1, -0.05) is 209 Å². The van der Waals surface area contributed by atoms with Gasteiger partial charge in [-0.25, -0.2) is 0 Å². The highest BCUT2D eigenvalue weighted by molar-refractivity contribution is 5.47. The van der Waals surface area contributed by atoms with Crippen LogP contribution in [0.3, 0.4) is 0 Å². The summed E-state index contributed by atoms with van der Waals surface area (Å²) in [4.78, 5) is 0. The maximum Gasteiger partial charge on any atom is 0.0316 e. The Balaban J connectivity index is 0.962. The molecule has 0 unspecified atom stereocenters. The zero-order chi connectivity index (χ0) is 41.6. The number of aryl methyl sites for hydroxylation is 4. The van der Waals surface area contributed by atoms with E-state index in [-0.39, 0.29) is 0 Å². The van der Waals surface area contributed by atoms with E-state index < -0.39 is 0 Å². The van der Waals surface area contributed by atoms with E-state index in [9.17, 15) is 0 Å². The fourth-order valence-electron chi connectivity index (χ4n) is 8.98. The van der Waals surface area contributed by atoms with Gasteiger partial charge in [0.25, 0.3) is 0 Å². The smallest absolute Gasteiger partial charge is 0.0316 e. The molecule has 4 N–H and O–H groups in total. The van der Waals surface area contributed by atoms with E-state index in [1.165, 1.54) is 218 Å². The van der Waals surface area contributed by atoms with Crippen LogP contribution in [0.25, 0.3) is 0 Å². The molecule has 0 bridgehead atoms. The van der Waals surface area contributed by atoms with Crippen LogP contribution in [-0.2, 0) is 38.5 Å². The molecule has 0 radical (unpaired) electrons. The number of unbranched alkanes of at least 4 members (excludes halogenated alkanes) is 22. The average Bonchev–Trinajstić information content (AvgIpc) is 3.24. The third kappa shape index (κ3) is 21.0. The highest BCUT2D eigenvalue weighted by Crippen LogP contribution is 2.24. The van der Waals surface area contributed by atoms with E-state index >= 15 is 0 Å². The predicted molar refractivity (Wildman–Crippen MR) is 262 cm³/mol. The summed E-state index contributed by atoms with van der Waals surface area (Å²) < 4.78 is 0. The van der Waals surface area contributed by atoms with Crippen LogP contribution >= 0.6 is 0 Å². The summed E-state index contributed by atoms with van der Waals surface area (Å²) in [6, 6.07) is 32.0. The molecule has 2 nitrogen and oxygen atoms in total. The second-order valence-electron chi connectivity index (χ2n) is 18.2. The molecular formula is C57H86N2. The molecule has 0 saturated carbocycles. The Morgan fingerprint density at radius 3 is 0.864 bits per heavy atom. The van der Waals surface area contributed by atoms with E-state index in [1.54, 1.807) is 0 Å². The quantitative estimate of drug-likeness (QED) is 0.0365. The van der Waals surface area contributed by atoms with Gasteiger partial charge in [0.15, 0.2) is 0 Å². The lowest BCUT2D eigenvalue weighted by Crippen LogP contribution is -1.99. The van der Waals surface area contributed by atoms with Crippen LogP contribution < -0.4 is 11.5 Å². The summed E-state index contributed by atoms with van der Waals surface area (Å²) in [5.41, 5.74) is 25.8. The van der Waals surface area contributed by atoms with Crippen LogP contribution in [-0.4, -0.2) is 0 Å². The van der Waals surface area contributed by atoms with Crippen molar-refractivity contribution in [1.82, 2.24) is 0 Å². The molecule has 0 amide bonds. The van der Waals surface area contributed by atoms with Gasteiger partial charge in [-0.15, -0.1) is 0 Å². The Morgan fingerprint density at radius 1 is 0.271 bits per heavy atom. The maximum atomic E-state index is 6.18. The lowest BCUT2D eigenvalue weighted by atomic mass is 9.94. The van der Waals surface area contributed by atoms with Crippen LogP contribution in [0.15, 0.2) is 84.9 Å². The molecule has 0 saturated heterocycles. The largest absolute Gasteiger partial charge is 0.399 e. The molecule has 2 heteroatoms. The molecule has 0 heterocycles. The SMILES string of the molecule is CCCCCCCCc1cc(N)ccc1Cc1ccc(CCCCCCCCCCCCCCCc2ccc(Cc3ccc(N)cc3CCCCCCCC)cc2)cc1. The molecular weight excluding hydrogens is 713 g/mol. The number of nitrogens with two attached hydrogens (primary N) is 2. The van der Waals surface area contributed by atoms with E-state index in [2.05, 4.69) is 98.8 Å². The molecule has 324 valence electrons. The fraction of sp³-hybridized carbons (Fsp3) is 0.579. The topological polar surface area (TPSA) is 52.0 Å². The summed E-state index contributed by atoms with van der Waals surface area (Å²) in [6.07, 6.45) is 40.8. The van der Waals surface area contributed by atoms with Crippen molar-refractivity contribution in [3.05, 3.63) is 129 Å². The molecule has 0 aliphatic rings. The van der Waals surface area contributed by atoms with Crippen molar-refractivity contribution in [3.63, 3.8) is 0 Å². The second kappa shape index (κ2) is 30.5. The molecule has 4 rings (SSSR count). The van der Waals surface area contributed by atoms with E-state index in [4.69, 9.17) is 11.5 Å².